The average molecular weight is 404 g/mol. The lowest BCUT2D eigenvalue weighted by Gasteiger charge is -2.24. The molecule has 1 fully saturated rings. The molecule has 0 aromatic heterocycles. The molecule has 0 radical (unpaired) electrons. The van der Waals surface area contributed by atoms with Gasteiger partial charge in [0, 0.05) is 6.54 Å². The molecule has 9 heteroatoms. The largest absolute Gasteiger partial charge is 0.445 e. The highest BCUT2D eigenvalue weighted by molar-refractivity contribution is 6.38. The zero-order valence-electron chi connectivity index (χ0n) is 16.7. The summed E-state index contributed by atoms with van der Waals surface area (Å²) in [5.74, 6) is -1.93. The van der Waals surface area contributed by atoms with E-state index in [9.17, 15) is 19.2 Å². The standard InChI is InChI=1S/C20H28N4O5/c1-13(2)11-16(23-20(28)29-12-14-7-4-3-5-8-14)18(26)22-15-9-6-10-21-24-19(27)17(15)25/h3-5,7-8,13,15-16,21H,6,9-12H2,1-2H3,(H,22,26)(H,23,28)(H,24,27). The van der Waals surface area contributed by atoms with Gasteiger partial charge in [-0.05, 0) is 30.7 Å². The van der Waals surface area contributed by atoms with Gasteiger partial charge in [0.1, 0.15) is 12.6 Å². The highest BCUT2D eigenvalue weighted by Crippen LogP contribution is 2.08. The van der Waals surface area contributed by atoms with Crippen LogP contribution in [-0.2, 0) is 25.7 Å². The normalized spacial score (nSPS) is 18.2. The molecule has 158 valence electrons. The number of hydrogen-bond acceptors (Lipinski definition) is 6. The molecule has 1 aliphatic rings. The molecule has 1 aromatic carbocycles. The van der Waals surface area contributed by atoms with E-state index in [1.165, 1.54) is 0 Å². The van der Waals surface area contributed by atoms with Crippen molar-refractivity contribution in [1.82, 2.24) is 21.5 Å². The summed E-state index contributed by atoms with van der Waals surface area (Å²) in [6.07, 6.45) is 0.567. The molecule has 29 heavy (non-hydrogen) atoms. The molecule has 0 saturated carbocycles. The Balaban J connectivity index is 1.96. The van der Waals surface area contributed by atoms with Crippen molar-refractivity contribution >= 4 is 23.7 Å². The van der Waals surface area contributed by atoms with Crippen molar-refractivity contribution in [2.24, 2.45) is 5.92 Å². The number of carbonyl (C=O) groups excluding carboxylic acids is 4. The zero-order chi connectivity index (χ0) is 21.2. The second kappa shape index (κ2) is 11.2. The van der Waals surface area contributed by atoms with Gasteiger partial charge in [0.15, 0.2) is 0 Å². The quantitative estimate of drug-likeness (QED) is 0.498. The maximum absolute atomic E-state index is 12.7. The van der Waals surface area contributed by atoms with Crippen LogP contribution in [0.3, 0.4) is 0 Å². The van der Waals surface area contributed by atoms with Crippen LogP contribution in [-0.4, -0.2) is 42.3 Å². The third-order valence-corrected chi connectivity index (χ3v) is 4.38. The van der Waals surface area contributed by atoms with Gasteiger partial charge in [-0.2, -0.15) is 0 Å². The smallest absolute Gasteiger partial charge is 0.408 e. The first-order chi connectivity index (χ1) is 13.9. The third kappa shape index (κ3) is 7.53. The van der Waals surface area contributed by atoms with Gasteiger partial charge in [-0.3, -0.25) is 19.8 Å². The first-order valence-electron chi connectivity index (χ1n) is 9.71. The van der Waals surface area contributed by atoms with E-state index in [-0.39, 0.29) is 12.5 Å². The van der Waals surface area contributed by atoms with Crippen molar-refractivity contribution in [3.63, 3.8) is 0 Å². The maximum Gasteiger partial charge on any atom is 0.408 e. The van der Waals surface area contributed by atoms with Crippen LogP contribution in [0.2, 0.25) is 0 Å². The number of ketones is 1. The van der Waals surface area contributed by atoms with E-state index in [4.69, 9.17) is 4.74 Å². The molecule has 1 aliphatic heterocycles. The van der Waals surface area contributed by atoms with Gasteiger partial charge in [0.2, 0.25) is 11.7 Å². The van der Waals surface area contributed by atoms with Crippen molar-refractivity contribution in [3.05, 3.63) is 35.9 Å². The SMILES string of the molecule is CC(C)CC(NC(=O)OCc1ccccc1)C(=O)NC1CCCNNC(=O)C1=O. The number of benzene rings is 1. The first kappa shape index (κ1) is 22.4. The summed E-state index contributed by atoms with van der Waals surface area (Å²) in [5, 5.41) is 5.17. The van der Waals surface area contributed by atoms with Gasteiger partial charge in [-0.1, -0.05) is 44.2 Å². The summed E-state index contributed by atoms with van der Waals surface area (Å²) in [7, 11) is 0. The molecule has 1 saturated heterocycles. The fourth-order valence-corrected chi connectivity index (χ4v) is 2.91. The Hall–Kier alpha value is -2.94. The van der Waals surface area contributed by atoms with E-state index in [0.717, 1.165) is 5.56 Å². The molecule has 9 nitrogen and oxygen atoms in total. The predicted molar refractivity (Wildman–Crippen MR) is 105 cm³/mol. The number of hydrogen-bond donors (Lipinski definition) is 4. The minimum atomic E-state index is -0.929. The molecule has 0 bridgehead atoms. The number of carbonyl (C=O) groups is 4. The lowest BCUT2D eigenvalue weighted by atomic mass is 10.0. The van der Waals surface area contributed by atoms with Gasteiger partial charge in [-0.15, -0.1) is 0 Å². The molecular weight excluding hydrogens is 376 g/mol. The molecule has 0 aliphatic carbocycles. The van der Waals surface area contributed by atoms with Crippen molar-refractivity contribution in [3.8, 4) is 0 Å². The summed E-state index contributed by atoms with van der Waals surface area (Å²) in [5.41, 5.74) is 5.75. The van der Waals surface area contributed by atoms with E-state index in [1.54, 1.807) is 0 Å². The van der Waals surface area contributed by atoms with Crippen LogP contribution in [0.1, 0.15) is 38.7 Å². The fraction of sp³-hybridized carbons (Fsp3) is 0.500. The van der Waals surface area contributed by atoms with Gasteiger partial charge in [0.05, 0.1) is 6.04 Å². The second-order valence-corrected chi connectivity index (χ2v) is 7.34. The van der Waals surface area contributed by atoms with E-state index < -0.39 is 35.8 Å². The molecule has 1 heterocycles. The monoisotopic (exact) mass is 404 g/mol. The molecule has 3 amide bonds. The number of rotatable bonds is 7. The summed E-state index contributed by atoms with van der Waals surface area (Å²) < 4.78 is 5.19. The van der Waals surface area contributed by atoms with Gasteiger partial charge < -0.3 is 15.4 Å². The Morgan fingerprint density at radius 3 is 2.62 bits per heavy atom. The Bertz CT molecular complexity index is 723. The van der Waals surface area contributed by atoms with Crippen LogP contribution < -0.4 is 21.5 Å². The van der Waals surface area contributed by atoms with Gasteiger partial charge >= 0.3 is 12.0 Å². The molecule has 2 rings (SSSR count). The van der Waals surface area contributed by atoms with Gasteiger partial charge in [-0.25, -0.2) is 10.2 Å². The fourth-order valence-electron chi connectivity index (χ4n) is 2.91. The molecular formula is C20H28N4O5. The van der Waals surface area contributed by atoms with Crippen LogP contribution in [0, 0.1) is 5.92 Å². The molecule has 2 unspecified atom stereocenters. The first-order valence-corrected chi connectivity index (χ1v) is 9.71. The van der Waals surface area contributed by atoms with Crippen LogP contribution in [0.25, 0.3) is 0 Å². The topological polar surface area (TPSA) is 126 Å². The van der Waals surface area contributed by atoms with E-state index in [0.29, 0.717) is 25.8 Å². The Morgan fingerprint density at radius 1 is 1.21 bits per heavy atom. The number of nitrogens with one attached hydrogen (secondary N) is 4. The van der Waals surface area contributed by atoms with Crippen LogP contribution in [0.4, 0.5) is 4.79 Å². The second-order valence-electron chi connectivity index (χ2n) is 7.34. The zero-order valence-corrected chi connectivity index (χ0v) is 16.7. The predicted octanol–water partition coefficient (Wildman–Crippen LogP) is 0.796. The number of alkyl carbamates (subject to hydrolysis) is 1. The van der Waals surface area contributed by atoms with Crippen molar-refractivity contribution < 1.29 is 23.9 Å². The lowest BCUT2D eigenvalue weighted by molar-refractivity contribution is -0.141. The Labute approximate surface area is 169 Å². The number of ether oxygens (including phenoxy) is 1. The summed E-state index contributed by atoms with van der Waals surface area (Å²) in [6.45, 7) is 4.40. The minimum absolute atomic E-state index is 0.0803. The number of Topliss-reactive ketones (excluding diaryl/α,β-unsaturated/α-hetero) is 1. The molecule has 0 spiro atoms. The Kier molecular flexibility index (Phi) is 8.60. The summed E-state index contributed by atoms with van der Waals surface area (Å²) in [4.78, 5) is 48.8. The summed E-state index contributed by atoms with van der Waals surface area (Å²) >= 11 is 0. The maximum atomic E-state index is 12.7. The highest BCUT2D eigenvalue weighted by atomic mass is 16.5. The van der Waals surface area contributed by atoms with Crippen LogP contribution >= 0.6 is 0 Å². The average Bonchev–Trinajstić information content (AvgIpc) is 2.69. The van der Waals surface area contributed by atoms with Gasteiger partial charge in [0.25, 0.3) is 0 Å². The molecule has 1 aromatic rings. The Morgan fingerprint density at radius 2 is 1.93 bits per heavy atom. The van der Waals surface area contributed by atoms with E-state index in [1.807, 2.05) is 44.2 Å². The van der Waals surface area contributed by atoms with Crippen LogP contribution in [0.15, 0.2) is 30.3 Å². The minimum Gasteiger partial charge on any atom is -0.445 e. The van der Waals surface area contributed by atoms with Crippen molar-refractivity contribution in [2.75, 3.05) is 6.54 Å². The summed E-state index contributed by atoms with van der Waals surface area (Å²) in [6, 6.07) is 7.38. The lowest BCUT2D eigenvalue weighted by Crippen LogP contribution is -2.56. The van der Waals surface area contributed by atoms with Crippen molar-refractivity contribution in [2.45, 2.75) is 51.8 Å². The third-order valence-electron chi connectivity index (χ3n) is 4.38. The highest BCUT2D eigenvalue weighted by Gasteiger charge is 2.31. The van der Waals surface area contributed by atoms with Crippen LogP contribution in [0.5, 0.6) is 0 Å². The molecule has 4 N–H and O–H groups in total. The van der Waals surface area contributed by atoms with E-state index in [2.05, 4.69) is 21.5 Å². The van der Waals surface area contributed by atoms with Crippen molar-refractivity contribution in [1.29, 1.82) is 0 Å². The van der Waals surface area contributed by atoms with E-state index >= 15 is 0 Å². The number of amides is 3. The number of hydrazine groups is 1. The molecule has 2 atom stereocenters.